The molecule has 7 rings (SSSR count). The Morgan fingerprint density at radius 3 is 2.45 bits per heavy atom. The molecule has 5 aromatic rings. The third-order valence-corrected chi connectivity index (χ3v) is 9.45. The molecule has 1 saturated carbocycles. The van der Waals surface area contributed by atoms with Crippen LogP contribution in [0.1, 0.15) is 43.6 Å². The summed E-state index contributed by atoms with van der Waals surface area (Å²) in [4.78, 5) is 28.9. The number of esters is 1. The highest BCUT2D eigenvalue weighted by atomic mass is 16.5. The van der Waals surface area contributed by atoms with Gasteiger partial charge in [0.1, 0.15) is 11.3 Å². The molecule has 44 heavy (non-hydrogen) atoms. The number of likely N-dealkylation sites (tertiary alicyclic amines) is 1. The number of rotatable bonds is 7. The number of methoxy groups -OCH3 is 1. The number of hydrogen-bond acceptors (Lipinski definition) is 7. The number of ether oxygens (including phenoxy) is 1. The average molecular weight is 587 g/mol. The van der Waals surface area contributed by atoms with Crippen LogP contribution in [0, 0.1) is 11.8 Å². The monoisotopic (exact) mass is 586 g/mol. The van der Waals surface area contributed by atoms with Crippen molar-refractivity contribution in [3.8, 4) is 28.3 Å². The molecule has 0 radical (unpaired) electrons. The summed E-state index contributed by atoms with van der Waals surface area (Å²) in [5, 5.41) is 0. The van der Waals surface area contributed by atoms with E-state index in [0.29, 0.717) is 17.7 Å². The van der Waals surface area contributed by atoms with Crippen molar-refractivity contribution < 1.29 is 9.53 Å². The highest BCUT2D eigenvalue weighted by molar-refractivity contribution is 5.84. The van der Waals surface area contributed by atoms with E-state index in [1.807, 2.05) is 42.5 Å². The summed E-state index contributed by atoms with van der Waals surface area (Å²) in [6.07, 6.45) is 6.98. The van der Waals surface area contributed by atoms with Crippen LogP contribution < -0.4 is 5.73 Å². The summed E-state index contributed by atoms with van der Waals surface area (Å²) in [6, 6.07) is 27.0. The molecule has 0 amide bonds. The Bertz CT molecular complexity index is 1760. The lowest BCUT2D eigenvalue weighted by Gasteiger charge is -2.30. The summed E-state index contributed by atoms with van der Waals surface area (Å²) in [5.74, 6) is 2.38. The van der Waals surface area contributed by atoms with Gasteiger partial charge in [-0.1, -0.05) is 42.5 Å². The Balaban J connectivity index is 1.13. The van der Waals surface area contributed by atoms with E-state index in [1.54, 1.807) is 6.20 Å². The Morgan fingerprint density at radius 2 is 1.70 bits per heavy atom. The average Bonchev–Trinajstić information content (AvgIpc) is 3.70. The van der Waals surface area contributed by atoms with E-state index in [0.717, 1.165) is 91.2 Å². The van der Waals surface area contributed by atoms with Gasteiger partial charge in [0.05, 0.1) is 24.3 Å². The SMILES string of the molecule is COC(=O)C1CCC(CN2CC[C@@H](c3ccc(-n4c(-c5cccnc5N)nc5ccc(-c6ccccc6)nc54)cc3)C2)CC1. The summed E-state index contributed by atoms with van der Waals surface area (Å²) >= 11 is 0. The number of anilines is 1. The van der Waals surface area contributed by atoms with Gasteiger partial charge in [0, 0.05) is 30.5 Å². The van der Waals surface area contributed by atoms with E-state index in [-0.39, 0.29) is 11.9 Å². The molecule has 0 unspecified atom stereocenters. The predicted octanol–water partition coefficient (Wildman–Crippen LogP) is 6.50. The van der Waals surface area contributed by atoms with Crippen LogP contribution in [-0.4, -0.2) is 57.1 Å². The summed E-state index contributed by atoms with van der Waals surface area (Å²) < 4.78 is 7.07. The van der Waals surface area contributed by atoms with Gasteiger partial charge in [-0.2, -0.15) is 0 Å². The van der Waals surface area contributed by atoms with Crippen molar-refractivity contribution in [2.75, 3.05) is 32.5 Å². The molecule has 1 aliphatic heterocycles. The number of hydrogen-bond donors (Lipinski definition) is 1. The van der Waals surface area contributed by atoms with Crippen molar-refractivity contribution >= 4 is 23.0 Å². The number of nitrogens with two attached hydrogens (primary N) is 1. The number of imidazole rings is 1. The van der Waals surface area contributed by atoms with Crippen LogP contribution >= 0.6 is 0 Å². The zero-order chi connectivity index (χ0) is 30.0. The van der Waals surface area contributed by atoms with Gasteiger partial charge in [-0.3, -0.25) is 9.36 Å². The molecule has 2 fully saturated rings. The topological polar surface area (TPSA) is 99.2 Å². The number of pyridine rings is 2. The molecule has 1 atom stereocenters. The molecule has 0 bridgehead atoms. The summed E-state index contributed by atoms with van der Waals surface area (Å²) in [5.41, 5.74) is 13.0. The molecular formula is C36H38N6O2. The lowest BCUT2D eigenvalue weighted by Crippen LogP contribution is -2.31. The van der Waals surface area contributed by atoms with Crippen LogP contribution in [-0.2, 0) is 9.53 Å². The molecule has 0 spiro atoms. The van der Waals surface area contributed by atoms with Crippen molar-refractivity contribution in [2.45, 2.75) is 38.0 Å². The molecule has 3 aromatic heterocycles. The van der Waals surface area contributed by atoms with Crippen LogP contribution in [0.25, 0.3) is 39.5 Å². The molecule has 1 aliphatic carbocycles. The highest BCUT2D eigenvalue weighted by Gasteiger charge is 2.30. The Hall–Kier alpha value is -4.56. The fourth-order valence-electron chi connectivity index (χ4n) is 7.04. The first-order chi connectivity index (χ1) is 21.6. The third kappa shape index (κ3) is 5.57. The smallest absolute Gasteiger partial charge is 0.308 e. The number of nitrogens with zero attached hydrogens (tertiary/aromatic N) is 5. The molecule has 8 nitrogen and oxygen atoms in total. The maximum Gasteiger partial charge on any atom is 0.308 e. The number of carbonyl (C=O) groups is 1. The van der Waals surface area contributed by atoms with Gasteiger partial charge in [-0.05, 0) is 92.4 Å². The third-order valence-electron chi connectivity index (χ3n) is 9.45. The zero-order valence-electron chi connectivity index (χ0n) is 25.1. The van der Waals surface area contributed by atoms with Crippen LogP contribution in [0.15, 0.2) is 85.1 Å². The summed E-state index contributed by atoms with van der Waals surface area (Å²) in [7, 11) is 1.50. The maximum absolute atomic E-state index is 11.9. The number of aromatic nitrogens is 4. The molecule has 1 saturated heterocycles. The second-order valence-electron chi connectivity index (χ2n) is 12.2. The highest BCUT2D eigenvalue weighted by Crippen LogP contribution is 2.35. The van der Waals surface area contributed by atoms with Crippen LogP contribution in [0.4, 0.5) is 5.82 Å². The van der Waals surface area contributed by atoms with E-state index in [9.17, 15) is 4.79 Å². The van der Waals surface area contributed by atoms with Gasteiger partial charge in [0.15, 0.2) is 11.5 Å². The number of nitrogen functional groups attached to an aromatic ring is 1. The normalized spacial score (nSPS) is 20.6. The van der Waals surface area contributed by atoms with Gasteiger partial charge < -0.3 is 15.4 Å². The van der Waals surface area contributed by atoms with Crippen molar-refractivity contribution in [2.24, 2.45) is 11.8 Å². The van der Waals surface area contributed by atoms with Crippen LogP contribution in [0.3, 0.4) is 0 Å². The lowest BCUT2D eigenvalue weighted by molar-refractivity contribution is -0.146. The van der Waals surface area contributed by atoms with Crippen molar-refractivity contribution in [1.82, 2.24) is 24.4 Å². The van der Waals surface area contributed by atoms with Crippen LogP contribution in [0.2, 0.25) is 0 Å². The lowest BCUT2D eigenvalue weighted by atomic mass is 9.82. The second-order valence-corrected chi connectivity index (χ2v) is 12.2. The number of fused-ring (bicyclic) bond motifs is 1. The predicted molar refractivity (Wildman–Crippen MR) is 173 cm³/mol. The minimum atomic E-state index is -0.0414. The van der Waals surface area contributed by atoms with E-state index in [2.05, 4.69) is 50.8 Å². The van der Waals surface area contributed by atoms with Crippen LogP contribution in [0.5, 0.6) is 0 Å². The van der Waals surface area contributed by atoms with E-state index in [1.165, 1.54) is 12.7 Å². The molecule has 224 valence electrons. The van der Waals surface area contributed by atoms with Gasteiger partial charge in [0.25, 0.3) is 0 Å². The molecule has 2 aliphatic rings. The van der Waals surface area contributed by atoms with Gasteiger partial charge in [-0.15, -0.1) is 0 Å². The summed E-state index contributed by atoms with van der Waals surface area (Å²) in [6.45, 7) is 3.31. The Kier molecular flexibility index (Phi) is 7.83. The first kappa shape index (κ1) is 28.2. The molecule has 2 N–H and O–H groups in total. The molecule has 4 heterocycles. The van der Waals surface area contributed by atoms with Crippen molar-refractivity contribution in [1.29, 1.82) is 0 Å². The molecule has 8 heteroatoms. The van der Waals surface area contributed by atoms with E-state index in [4.69, 9.17) is 20.4 Å². The minimum Gasteiger partial charge on any atom is -0.469 e. The van der Waals surface area contributed by atoms with E-state index >= 15 is 0 Å². The van der Waals surface area contributed by atoms with Gasteiger partial charge >= 0.3 is 5.97 Å². The Morgan fingerprint density at radius 1 is 0.909 bits per heavy atom. The van der Waals surface area contributed by atoms with Gasteiger partial charge in [0.2, 0.25) is 0 Å². The first-order valence-corrected chi connectivity index (χ1v) is 15.6. The fourth-order valence-corrected chi connectivity index (χ4v) is 7.04. The fraction of sp³-hybridized carbons (Fsp3) is 0.333. The van der Waals surface area contributed by atoms with E-state index < -0.39 is 0 Å². The van der Waals surface area contributed by atoms with Crippen molar-refractivity contribution in [3.05, 3.63) is 90.6 Å². The second kappa shape index (κ2) is 12.2. The standard InChI is InChI=1S/C36H38N6O2/c1-44-36(43)27-11-9-24(10-12-27)22-41-21-19-28(23-41)25-13-15-29(16-14-25)42-34(30-8-5-20-38-33(30)37)40-32-18-17-31(39-35(32)42)26-6-3-2-4-7-26/h2-8,13-18,20,24,27-28H,9-12,19,21-23H2,1H3,(H2,37,38)/t24?,27?,28-/m1/s1. The molecular weight excluding hydrogens is 548 g/mol. The maximum atomic E-state index is 11.9. The number of benzene rings is 2. The number of carbonyl (C=O) groups excluding carboxylic acids is 1. The largest absolute Gasteiger partial charge is 0.469 e. The van der Waals surface area contributed by atoms with Gasteiger partial charge in [-0.25, -0.2) is 15.0 Å². The minimum absolute atomic E-state index is 0.0414. The zero-order valence-corrected chi connectivity index (χ0v) is 25.1. The Labute approximate surface area is 257 Å². The van der Waals surface area contributed by atoms with Crippen molar-refractivity contribution in [3.63, 3.8) is 0 Å². The molecule has 2 aromatic carbocycles. The quantitative estimate of drug-likeness (QED) is 0.217. The first-order valence-electron chi connectivity index (χ1n) is 15.6.